The maximum Gasteiger partial charge on any atom is 0.429 e. The molecule has 33 heavy (non-hydrogen) atoms. The van der Waals surface area contributed by atoms with E-state index in [1.807, 2.05) is 0 Å². The quantitative estimate of drug-likeness (QED) is 0.319. The third-order valence-corrected chi connectivity index (χ3v) is 5.80. The first-order valence-corrected chi connectivity index (χ1v) is 9.58. The van der Waals surface area contributed by atoms with Gasteiger partial charge in [-0.3, -0.25) is 4.90 Å². The van der Waals surface area contributed by atoms with Crippen LogP contribution in [0.3, 0.4) is 0 Å². The fourth-order valence-electron chi connectivity index (χ4n) is 4.16. The average Bonchev–Trinajstić information content (AvgIpc) is 3.14. The van der Waals surface area contributed by atoms with E-state index < -0.39 is 99.0 Å². The third kappa shape index (κ3) is 5.45. The highest BCUT2D eigenvalue weighted by molar-refractivity contribution is 5.06. The molecule has 0 N–H and O–H groups in total. The second kappa shape index (κ2) is 8.86. The molecule has 16 heteroatoms. The molecule has 2 saturated heterocycles. The van der Waals surface area contributed by atoms with Gasteiger partial charge in [-0.2, -0.15) is 39.5 Å². The zero-order valence-electron chi connectivity index (χ0n) is 16.6. The number of alkyl halides is 14. The molecule has 2 fully saturated rings. The Hall–Kier alpha value is -1.06. The van der Waals surface area contributed by atoms with Crippen molar-refractivity contribution in [2.24, 2.45) is 11.8 Å². The van der Waals surface area contributed by atoms with Crippen LogP contribution in [0, 0.1) is 11.8 Å². The van der Waals surface area contributed by atoms with Gasteiger partial charge in [0.05, 0.1) is 5.92 Å². The molecule has 2 nitrogen and oxygen atoms in total. The minimum Gasteiger partial charge on any atom is -0.365 e. The van der Waals surface area contributed by atoms with E-state index in [9.17, 15) is 57.1 Å². The smallest absolute Gasteiger partial charge is 0.365 e. The van der Waals surface area contributed by atoms with E-state index in [1.54, 1.807) is 0 Å². The second-order valence-electron chi connectivity index (χ2n) is 8.40. The summed E-state index contributed by atoms with van der Waals surface area (Å²) in [5, 5.41) is 0. The van der Waals surface area contributed by atoms with Crippen LogP contribution in [0.5, 0.6) is 0 Å². The van der Waals surface area contributed by atoms with E-state index in [0.717, 1.165) is 6.92 Å². The SMILES string of the molecule is CC1CC(C(F)(F)F)CN(C(F)C(F)(C2CCC(C(F)(F)C(F)C(F)(F)F)O2)C(F)(F)F)C1. The minimum absolute atomic E-state index is 0.0810. The van der Waals surface area contributed by atoms with E-state index in [4.69, 9.17) is 0 Å². The molecule has 0 aromatic carbocycles. The number of rotatable bonds is 5. The van der Waals surface area contributed by atoms with Gasteiger partial charge in [-0.25, -0.2) is 22.0 Å². The molecule has 7 atom stereocenters. The molecule has 0 saturated carbocycles. The Bertz CT molecular complexity index is 676. The van der Waals surface area contributed by atoms with Gasteiger partial charge in [0.2, 0.25) is 0 Å². The molecule has 0 aromatic rings. The van der Waals surface area contributed by atoms with Crippen molar-refractivity contribution >= 4 is 0 Å². The van der Waals surface area contributed by atoms with Crippen molar-refractivity contribution in [1.29, 1.82) is 0 Å². The van der Waals surface area contributed by atoms with Crippen LogP contribution in [-0.4, -0.2) is 72.8 Å². The molecular weight excluding hydrogens is 500 g/mol. The molecule has 2 heterocycles. The zero-order valence-corrected chi connectivity index (χ0v) is 16.6. The molecule has 196 valence electrons. The summed E-state index contributed by atoms with van der Waals surface area (Å²) >= 11 is 0. The first-order valence-electron chi connectivity index (χ1n) is 9.58. The zero-order chi connectivity index (χ0) is 25.8. The lowest BCUT2D eigenvalue weighted by molar-refractivity contribution is -0.318. The molecule has 0 radical (unpaired) electrons. The topological polar surface area (TPSA) is 12.5 Å². The first-order chi connectivity index (χ1) is 14.6. The lowest BCUT2D eigenvalue weighted by Gasteiger charge is -2.44. The van der Waals surface area contributed by atoms with Gasteiger partial charge in [0.1, 0.15) is 12.2 Å². The summed E-state index contributed by atoms with van der Waals surface area (Å²) < 4.78 is 192. The highest BCUT2D eigenvalue weighted by Crippen LogP contribution is 2.51. The van der Waals surface area contributed by atoms with Gasteiger partial charge in [0.15, 0.2) is 6.30 Å². The Labute approximate surface area is 178 Å². The molecule has 0 aromatic heterocycles. The van der Waals surface area contributed by atoms with Crippen molar-refractivity contribution in [2.45, 2.75) is 81.0 Å². The normalized spacial score (nSPS) is 32.5. The third-order valence-electron chi connectivity index (χ3n) is 5.80. The van der Waals surface area contributed by atoms with Crippen LogP contribution >= 0.6 is 0 Å². The van der Waals surface area contributed by atoms with Crippen LogP contribution < -0.4 is 0 Å². The van der Waals surface area contributed by atoms with E-state index in [1.165, 1.54) is 0 Å². The molecular formula is C17H19F14NO. The molecule has 2 aliphatic rings. The number of hydrogen-bond donors (Lipinski definition) is 0. The Morgan fingerprint density at radius 2 is 1.30 bits per heavy atom. The Morgan fingerprint density at radius 3 is 1.76 bits per heavy atom. The summed E-state index contributed by atoms with van der Waals surface area (Å²) in [6.07, 6.45) is -35.7. The van der Waals surface area contributed by atoms with Crippen molar-refractivity contribution < 1.29 is 66.2 Å². The summed E-state index contributed by atoms with van der Waals surface area (Å²) in [6, 6.07) is 0. The predicted molar refractivity (Wildman–Crippen MR) is 83.5 cm³/mol. The highest BCUT2D eigenvalue weighted by Gasteiger charge is 2.72. The molecule has 0 amide bonds. The monoisotopic (exact) mass is 519 g/mol. The maximum absolute atomic E-state index is 15.2. The van der Waals surface area contributed by atoms with Crippen molar-refractivity contribution in [3.63, 3.8) is 0 Å². The largest absolute Gasteiger partial charge is 0.429 e. The van der Waals surface area contributed by atoms with Gasteiger partial charge in [0, 0.05) is 13.1 Å². The van der Waals surface area contributed by atoms with Crippen LogP contribution in [0.25, 0.3) is 0 Å². The maximum atomic E-state index is 15.2. The Morgan fingerprint density at radius 1 is 0.788 bits per heavy atom. The minimum atomic E-state index is -6.21. The van der Waals surface area contributed by atoms with Gasteiger partial charge < -0.3 is 4.74 Å². The lowest BCUT2D eigenvalue weighted by Crippen LogP contribution is -2.65. The number of likely N-dealkylation sites (tertiary alicyclic amines) is 1. The fraction of sp³-hybridized carbons (Fsp3) is 1.00. The summed E-state index contributed by atoms with van der Waals surface area (Å²) in [6.45, 7) is -0.974. The van der Waals surface area contributed by atoms with Gasteiger partial charge in [-0.05, 0) is 25.2 Å². The van der Waals surface area contributed by atoms with Crippen molar-refractivity contribution in [3.05, 3.63) is 0 Å². The highest BCUT2D eigenvalue weighted by atomic mass is 19.4. The van der Waals surface area contributed by atoms with E-state index in [2.05, 4.69) is 4.74 Å². The van der Waals surface area contributed by atoms with Crippen LogP contribution in [-0.2, 0) is 4.74 Å². The number of nitrogens with zero attached hydrogens (tertiary/aromatic N) is 1. The lowest BCUT2D eigenvalue weighted by atomic mass is 9.87. The van der Waals surface area contributed by atoms with Crippen molar-refractivity contribution in [1.82, 2.24) is 4.90 Å². The summed E-state index contributed by atoms with van der Waals surface area (Å²) in [5.74, 6) is -8.76. The number of ether oxygens (including phenoxy) is 1. The Kier molecular flexibility index (Phi) is 7.57. The van der Waals surface area contributed by atoms with E-state index >= 15 is 4.39 Å². The van der Waals surface area contributed by atoms with Crippen LogP contribution in [0.2, 0.25) is 0 Å². The molecule has 0 aliphatic carbocycles. The second-order valence-corrected chi connectivity index (χ2v) is 8.40. The molecule has 0 bridgehead atoms. The summed E-state index contributed by atoms with van der Waals surface area (Å²) in [4.78, 5) is -0.0810. The fourth-order valence-corrected chi connectivity index (χ4v) is 4.16. The predicted octanol–water partition coefficient (Wildman–Crippen LogP) is 6.16. The van der Waals surface area contributed by atoms with Crippen LogP contribution in [0.1, 0.15) is 26.2 Å². The first kappa shape index (κ1) is 28.2. The Balaban J connectivity index is 2.32. The molecule has 2 aliphatic heterocycles. The van der Waals surface area contributed by atoms with E-state index in [-0.39, 0.29) is 4.90 Å². The number of piperidine rings is 1. The van der Waals surface area contributed by atoms with Gasteiger partial charge in [-0.1, -0.05) is 6.92 Å². The summed E-state index contributed by atoms with van der Waals surface area (Å²) in [7, 11) is 0. The standard InChI is InChI=1S/C17H19F14NO/c1-7-4-8(15(23,24)25)6-32(5-7)12(19)13(20,17(29,30)31)9-2-3-10(33-9)14(21,22)11(18)16(26,27)28/h7-12H,2-6H2,1H3. The number of halogens is 14. The van der Waals surface area contributed by atoms with Gasteiger partial charge >= 0.3 is 24.5 Å². The summed E-state index contributed by atoms with van der Waals surface area (Å²) in [5.41, 5.74) is -5.17. The van der Waals surface area contributed by atoms with Crippen molar-refractivity contribution in [2.75, 3.05) is 13.1 Å². The van der Waals surface area contributed by atoms with Gasteiger partial charge in [0.25, 0.3) is 11.8 Å². The van der Waals surface area contributed by atoms with Crippen molar-refractivity contribution in [3.8, 4) is 0 Å². The molecule has 7 unspecified atom stereocenters. The number of hydrogen-bond acceptors (Lipinski definition) is 2. The van der Waals surface area contributed by atoms with E-state index in [0.29, 0.717) is 0 Å². The van der Waals surface area contributed by atoms with Crippen LogP contribution in [0.15, 0.2) is 0 Å². The average molecular weight is 519 g/mol. The van der Waals surface area contributed by atoms with Gasteiger partial charge in [-0.15, -0.1) is 0 Å². The van der Waals surface area contributed by atoms with Crippen LogP contribution in [0.4, 0.5) is 61.5 Å². The molecule has 0 spiro atoms. The molecule has 2 rings (SSSR count).